The average molecular weight is 386 g/mol. The van der Waals surface area contributed by atoms with Crippen LogP contribution in [0.4, 0.5) is 11.6 Å². The molecule has 0 atom stereocenters. The molecule has 0 amide bonds. The van der Waals surface area contributed by atoms with Crippen LogP contribution in [0.15, 0.2) is 24.4 Å². The predicted octanol–water partition coefficient (Wildman–Crippen LogP) is 4.27. The highest BCUT2D eigenvalue weighted by atomic mass is 35.5. The first-order valence-electron chi connectivity index (χ1n) is 10.0. The van der Waals surface area contributed by atoms with Gasteiger partial charge in [0.25, 0.3) is 0 Å². The van der Waals surface area contributed by atoms with Crippen LogP contribution in [0.3, 0.4) is 0 Å². The molecule has 0 radical (unpaired) electrons. The molecule has 0 bridgehead atoms. The highest BCUT2D eigenvalue weighted by molar-refractivity contribution is 6.30. The van der Waals surface area contributed by atoms with E-state index in [1.54, 1.807) is 6.20 Å². The second-order valence-electron chi connectivity index (χ2n) is 7.90. The minimum absolute atomic E-state index is 0.703. The molecule has 2 aliphatic heterocycles. The molecule has 4 heterocycles. The van der Waals surface area contributed by atoms with Gasteiger partial charge < -0.3 is 9.80 Å². The van der Waals surface area contributed by atoms with Crippen LogP contribution in [0.1, 0.15) is 37.2 Å². The molecule has 2 aliphatic rings. The van der Waals surface area contributed by atoms with Crippen LogP contribution >= 0.6 is 11.6 Å². The summed E-state index contributed by atoms with van der Waals surface area (Å²) in [6.07, 6.45) is 6.81. The van der Waals surface area contributed by atoms with Crippen LogP contribution in [0.5, 0.6) is 0 Å². The Bertz CT molecular complexity index is 742. The normalized spacial score (nSPS) is 19.5. The van der Waals surface area contributed by atoms with Gasteiger partial charge in [-0.15, -0.1) is 0 Å². The predicted molar refractivity (Wildman–Crippen MR) is 111 cm³/mol. The van der Waals surface area contributed by atoms with Gasteiger partial charge in [-0.3, -0.25) is 0 Å². The Morgan fingerprint density at radius 1 is 0.852 bits per heavy atom. The van der Waals surface area contributed by atoms with E-state index in [0.717, 1.165) is 61.2 Å². The number of hydrogen-bond donors (Lipinski definition) is 0. The zero-order valence-electron chi connectivity index (χ0n) is 16.2. The van der Waals surface area contributed by atoms with Crippen molar-refractivity contribution in [2.45, 2.75) is 39.5 Å². The summed E-state index contributed by atoms with van der Waals surface area (Å²) in [7, 11) is 0. The number of hydrogen-bond acceptors (Lipinski definition) is 5. The van der Waals surface area contributed by atoms with E-state index in [4.69, 9.17) is 11.6 Å². The number of halogens is 1. The molecule has 4 rings (SSSR count). The third kappa shape index (κ3) is 4.34. The molecule has 6 heteroatoms. The average Bonchev–Trinajstić information content (AvgIpc) is 2.68. The van der Waals surface area contributed by atoms with Gasteiger partial charge in [0.05, 0.1) is 5.02 Å². The van der Waals surface area contributed by atoms with E-state index in [0.29, 0.717) is 5.02 Å². The maximum Gasteiger partial charge on any atom is 0.132 e. The lowest BCUT2D eigenvalue weighted by atomic mass is 9.79. The van der Waals surface area contributed by atoms with E-state index in [2.05, 4.69) is 30.8 Å². The van der Waals surface area contributed by atoms with Crippen molar-refractivity contribution in [3.63, 3.8) is 0 Å². The molecule has 5 nitrogen and oxygen atoms in total. The molecule has 0 unspecified atom stereocenters. The van der Waals surface area contributed by atoms with Crippen molar-refractivity contribution < 1.29 is 0 Å². The summed E-state index contributed by atoms with van der Waals surface area (Å²) in [4.78, 5) is 18.3. The summed E-state index contributed by atoms with van der Waals surface area (Å²) < 4.78 is 0. The monoisotopic (exact) mass is 385 g/mol. The van der Waals surface area contributed by atoms with Crippen molar-refractivity contribution >= 4 is 23.2 Å². The second kappa shape index (κ2) is 8.01. The SMILES string of the molecule is Cc1cc(N2CCC(C3CCN(c4ccc(Cl)cn4)CC3)CC2)nc(C)n1. The van der Waals surface area contributed by atoms with E-state index in [1.807, 2.05) is 26.0 Å². The van der Waals surface area contributed by atoms with Crippen LogP contribution in [-0.4, -0.2) is 41.1 Å². The van der Waals surface area contributed by atoms with Crippen molar-refractivity contribution in [2.24, 2.45) is 11.8 Å². The van der Waals surface area contributed by atoms with Gasteiger partial charge >= 0.3 is 0 Å². The first-order valence-corrected chi connectivity index (χ1v) is 10.4. The van der Waals surface area contributed by atoms with Crippen LogP contribution in [0, 0.1) is 25.7 Å². The molecule has 0 aliphatic carbocycles. The van der Waals surface area contributed by atoms with Gasteiger partial charge in [0.2, 0.25) is 0 Å². The summed E-state index contributed by atoms with van der Waals surface area (Å²) in [5, 5.41) is 0.703. The van der Waals surface area contributed by atoms with Gasteiger partial charge in [-0.2, -0.15) is 0 Å². The van der Waals surface area contributed by atoms with Crippen molar-refractivity contribution in [1.82, 2.24) is 15.0 Å². The molecule has 2 aromatic rings. The van der Waals surface area contributed by atoms with Crippen LogP contribution in [0.2, 0.25) is 5.02 Å². The lowest BCUT2D eigenvalue weighted by Crippen LogP contribution is -2.41. The zero-order valence-corrected chi connectivity index (χ0v) is 17.0. The molecule has 144 valence electrons. The minimum Gasteiger partial charge on any atom is -0.357 e. The van der Waals surface area contributed by atoms with Gasteiger partial charge in [-0.05, 0) is 63.5 Å². The Balaban J connectivity index is 1.30. The molecule has 2 fully saturated rings. The Kier molecular flexibility index (Phi) is 5.48. The summed E-state index contributed by atoms with van der Waals surface area (Å²) in [6, 6.07) is 6.08. The topological polar surface area (TPSA) is 45.2 Å². The Labute approximate surface area is 166 Å². The number of rotatable bonds is 3. The fourth-order valence-corrected chi connectivity index (χ4v) is 4.73. The number of aromatic nitrogens is 3. The Morgan fingerprint density at radius 3 is 1.96 bits per heavy atom. The third-order valence-electron chi connectivity index (χ3n) is 6.06. The van der Waals surface area contributed by atoms with E-state index >= 15 is 0 Å². The van der Waals surface area contributed by atoms with E-state index < -0.39 is 0 Å². The molecule has 0 N–H and O–H groups in total. The number of piperidine rings is 2. The van der Waals surface area contributed by atoms with Gasteiger partial charge in [-0.25, -0.2) is 15.0 Å². The van der Waals surface area contributed by atoms with E-state index in [-0.39, 0.29) is 0 Å². The number of anilines is 2. The first-order chi connectivity index (χ1) is 13.1. The highest BCUT2D eigenvalue weighted by Crippen LogP contribution is 2.34. The maximum absolute atomic E-state index is 5.96. The van der Waals surface area contributed by atoms with Crippen molar-refractivity contribution in [3.05, 3.63) is 40.9 Å². The van der Waals surface area contributed by atoms with Crippen molar-refractivity contribution in [2.75, 3.05) is 36.0 Å². The quantitative estimate of drug-likeness (QED) is 0.789. The van der Waals surface area contributed by atoms with Gasteiger partial charge in [-0.1, -0.05) is 11.6 Å². The third-order valence-corrected chi connectivity index (χ3v) is 6.28. The minimum atomic E-state index is 0.703. The lowest BCUT2D eigenvalue weighted by molar-refractivity contribution is 0.232. The molecule has 0 aromatic carbocycles. The lowest BCUT2D eigenvalue weighted by Gasteiger charge is -2.40. The van der Waals surface area contributed by atoms with Crippen LogP contribution < -0.4 is 9.80 Å². The molecule has 2 aromatic heterocycles. The molecule has 0 spiro atoms. The summed E-state index contributed by atoms with van der Waals surface area (Å²) in [5.74, 6) is 4.70. The molecule has 27 heavy (non-hydrogen) atoms. The molecule has 2 saturated heterocycles. The van der Waals surface area contributed by atoms with Crippen molar-refractivity contribution in [1.29, 1.82) is 0 Å². The first kappa shape index (κ1) is 18.5. The van der Waals surface area contributed by atoms with E-state index in [1.165, 1.54) is 25.7 Å². The molecular weight excluding hydrogens is 358 g/mol. The summed E-state index contributed by atoms with van der Waals surface area (Å²) >= 11 is 5.96. The fraction of sp³-hybridized carbons (Fsp3) is 0.571. The molecular formula is C21H28ClN5. The zero-order chi connectivity index (χ0) is 18.8. The number of aryl methyl sites for hydroxylation is 2. The standard InChI is InChI=1S/C21H28ClN5/c1-15-13-21(25-16(2)24-15)27-11-7-18(8-12-27)17-5-9-26(10-6-17)20-4-3-19(22)14-23-20/h3-4,13-14,17-18H,5-12H2,1-2H3. The smallest absolute Gasteiger partial charge is 0.132 e. The van der Waals surface area contributed by atoms with Gasteiger partial charge in [0, 0.05) is 44.1 Å². The summed E-state index contributed by atoms with van der Waals surface area (Å²) in [5.41, 5.74) is 1.06. The Morgan fingerprint density at radius 2 is 1.44 bits per heavy atom. The van der Waals surface area contributed by atoms with Gasteiger partial charge in [0.15, 0.2) is 0 Å². The van der Waals surface area contributed by atoms with Crippen LogP contribution in [0.25, 0.3) is 0 Å². The molecule has 0 saturated carbocycles. The van der Waals surface area contributed by atoms with Gasteiger partial charge in [0.1, 0.15) is 17.5 Å². The van der Waals surface area contributed by atoms with Crippen LogP contribution in [-0.2, 0) is 0 Å². The highest BCUT2D eigenvalue weighted by Gasteiger charge is 2.30. The van der Waals surface area contributed by atoms with Crippen molar-refractivity contribution in [3.8, 4) is 0 Å². The number of nitrogens with zero attached hydrogens (tertiary/aromatic N) is 5. The number of pyridine rings is 1. The Hall–Kier alpha value is -1.88. The van der Waals surface area contributed by atoms with E-state index in [9.17, 15) is 0 Å². The largest absolute Gasteiger partial charge is 0.357 e. The maximum atomic E-state index is 5.96. The fourth-order valence-electron chi connectivity index (χ4n) is 4.61. The second-order valence-corrected chi connectivity index (χ2v) is 8.33. The summed E-state index contributed by atoms with van der Waals surface area (Å²) in [6.45, 7) is 8.45.